The van der Waals surface area contributed by atoms with E-state index in [9.17, 15) is 5.11 Å². The van der Waals surface area contributed by atoms with E-state index in [1.165, 1.54) is 24.8 Å². The summed E-state index contributed by atoms with van der Waals surface area (Å²) in [6.45, 7) is 5.15. The molecule has 0 spiro atoms. The molecule has 1 N–H and O–H groups in total. The zero-order valence-corrected chi connectivity index (χ0v) is 11.2. The van der Waals surface area contributed by atoms with Crippen molar-refractivity contribution in [1.29, 1.82) is 0 Å². The maximum absolute atomic E-state index is 9.64. The highest BCUT2D eigenvalue weighted by Gasteiger charge is 2.25. The second-order valence-corrected chi connectivity index (χ2v) is 5.98. The van der Waals surface area contributed by atoms with Gasteiger partial charge in [-0.05, 0) is 61.8 Å². The van der Waals surface area contributed by atoms with E-state index in [1.807, 2.05) is 6.92 Å². The number of aliphatic hydroxyl groups excluding tert-OH is 1. The summed E-state index contributed by atoms with van der Waals surface area (Å²) in [5.74, 6) is 0.472. The third kappa shape index (κ3) is 2.45. The van der Waals surface area contributed by atoms with Gasteiger partial charge in [-0.1, -0.05) is 18.2 Å². The number of nitrogens with zero attached hydrogens (tertiary/aromatic N) is 1. The Kier molecular flexibility index (Phi) is 3.40. The summed E-state index contributed by atoms with van der Waals surface area (Å²) in [5, 5.41) is 9.64. The van der Waals surface area contributed by atoms with Gasteiger partial charge >= 0.3 is 0 Å². The summed E-state index contributed by atoms with van der Waals surface area (Å²) in [6.07, 6.45) is 4.84. The first-order valence-corrected chi connectivity index (χ1v) is 7.23. The Balaban J connectivity index is 1.63. The second-order valence-electron chi connectivity index (χ2n) is 5.98. The molecule has 3 rings (SSSR count). The number of rotatable bonds is 3. The highest BCUT2D eigenvalue weighted by atomic mass is 16.3. The zero-order valence-electron chi connectivity index (χ0n) is 11.2. The summed E-state index contributed by atoms with van der Waals surface area (Å²) >= 11 is 0. The maximum Gasteiger partial charge on any atom is 0.0552 e. The minimum atomic E-state index is -0.157. The number of hydrogen-bond donors (Lipinski definition) is 1. The fourth-order valence-electron chi connectivity index (χ4n) is 3.38. The zero-order chi connectivity index (χ0) is 12.5. The molecule has 0 amide bonds. The first-order chi connectivity index (χ1) is 8.72. The van der Waals surface area contributed by atoms with Crippen molar-refractivity contribution in [1.82, 2.24) is 4.90 Å². The molecule has 98 valence electrons. The van der Waals surface area contributed by atoms with E-state index < -0.39 is 0 Å². The number of aryl methyl sites for hydroxylation is 2. The number of likely N-dealkylation sites (tertiary alicyclic amines) is 1. The Bertz CT molecular complexity index is 427. The van der Waals surface area contributed by atoms with Crippen LogP contribution in [0.25, 0.3) is 0 Å². The average Bonchev–Trinajstić information content (AvgIpc) is 2.96. The lowest BCUT2D eigenvalue weighted by Crippen LogP contribution is -2.24. The molecule has 1 heterocycles. The van der Waals surface area contributed by atoms with E-state index in [0.717, 1.165) is 26.1 Å². The molecule has 0 aromatic heterocycles. The van der Waals surface area contributed by atoms with E-state index in [0.29, 0.717) is 5.92 Å². The SMILES string of the molecule is CC(O)C1CCN(Cc2ccc3c(c2)CCC3)C1. The van der Waals surface area contributed by atoms with Crippen molar-refractivity contribution in [3.05, 3.63) is 34.9 Å². The maximum atomic E-state index is 9.64. The number of benzene rings is 1. The Morgan fingerprint density at radius 3 is 2.94 bits per heavy atom. The van der Waals surface area contributed by atoms with Crippen molar-refractivity contribution in [3.63, 3.8) is 0 Å². The van der Waals surface area contributed by atoms with Gasteiger partial charge in [-0.2, -0.15) is 0 Å². The predicted molar refractivity (Wildman–Crippen MR) is 73.5 cm³/mol. The van der Waals surface area contributed by atoms with Crippen LogP contribution in [0, 0.1) is 5.92 Å². The van der Waals surface area contributed by atoms with Crippen LogP contribution in [-0.4, -0.2) is 29.2 Å². The molecule has 1 aromatic carbocycles. The molecule has 1 fully saturated rings. The van der Waals surface area contributed by atoms with Gasteiger partial charge in [0.2, 0.25) is 0 Å². The van der Waals surface area contributed by atoms with Gasteiger partial charge in [-0.15, -0.1) is 0 Å². The van der Waals surface area contributed by atoms with Crippen LogP contribution >= 0.6 is 0 Å². The summed E-state index contributed by atoms with van der Waals surface area (Å²) in [5.41, 5.74) is 4.57. The van der Waals surface area contributed by atoms with Crippen LogP contribution in [0.1, 0.15) is 36.5 Å². The number of aliphatic hydroxyl groups is 1. The molecule has 1 aliphatic carbocycles. The molecular formula is C16H23NO. The largest absolute Gasteiger partial charge is 0.393 e. The molecule has 0 saturated carbocycles. The molecule has 0 bridgehead atoms. The molecule has 1 aromatic rings. The number of hydrogen-bond acceptors (Lipinski definition) is 2. The Labute approximate surface area is 110 Å². The van der Waals surface area contributed by atoms with Gasteiger partial charge in [0.25, 0.3) is 0 Å². The van der Waals surface area contributed by atoms with Gasteiger partial charge < -0.3 is 5.11 Å². The highest BCUT2D eigenvalue weighted by molar-refractivity contribution is 5.35. The molecule has 2 heteroatoms. The minimum absolute atomic E-state index is 0.157. The Morgan fingerprint density at radius 1 is 1.33 bits per heavy atom. The molecule has 0 radical (unpaired) electrons. The van der Waals surface area contributed by atoms with Crippen molar-refractivity contribution in [2.45, 2.75) is 45.3 Å². The lowest BCUT2D eigenvalue weighted by Gasteiger charge is -2.18. The standard InChI is InChI=1S/C16H23NO/c1-12(18)16-7-8-17(11-16)10-13-5-6-14-3-2-4-15(14)9-13/h5-6,9,12,16,18H,2-4,7-8,10-11H2,1H3. The molecular weight excluding hydrogens is 222 g/mol. The van der Waals surface area contributed by atoms with Gasteiger partial charge in [0.15, 0.2) is 0 Å². The van der Waals surface area contributed by atoms with E-state index in [-0.39, 0.29) is 6.10 Å². The number of fused-ring (bicyclic) bond motifs is 1. The quantitative estimate of drug-likeness (QED) is 0.884. The third-order valence-corrected chi connectivity index (χ3v) is 4.56. The molecule has 2 atom stereocenters. The van der Waals surface area contributed by atoms with Crippen LogP contribution in [0.2, 0.25) is 0 Å². The molecule has 1 aliphatic heterocycles. The molecule has 18 heavy (non-hydrogen) atoms. The van der Waals surface area contributed by atoms with Crippen molar-refractivity contribution in [2.24, 2.45) is 5.92 Å². The smallest absolute Gasteiger partial charge is 0.0552 e. The summed E-state index contributed by atoms with van der Waals surface area (Å²) < 4.78 is 0. The first-order valence-electron chi connectivity index (χ1n) is 7.23. The summed E-state index contributed by atoms with van der Waals surface area (Å²) in [4.78, 5) is 2.48. The monoisotopic (exact) mass is 245 g/mol. The highest BCUT2D eigenvalue weighted by Crippen LogP contribution is 2.25. The fraction of sp³-hybridized carbons (Fsp3) is 0.625. The van der Waals surface area contributed by atoms with Crippen molar-refractivity contribution >= 4 is 0 Å². The van der Waals surface area contributed by atoms with Crippen molar-refractivity contribution in [2.75, 3.05) is 13.1 Å². The van der Waals surface area contributed by atoms with Gasteiger partial charge in [0, 0.05) is 13.1 Å². The van der Waals surface area contributed by atoms with Crippen LogP contribution in [-0.2, 0) is 19.4 Å². The average molecular weight is 245 g/mol. The van der Waals surface area contributed by atoms with E-state index in [4.69, 9.17) is 0 Å². The summed E-state index contributed by atoms with van der Waals surface area (Å²) in [6, 6.07) is 7.01. The Morgan fingerprint density at radius 2 is 2.17 bits per heavy atom. The van der Waals surface area contributed by atoms with Crippen LogP contribution in [0.5, 0.6) is 0 Å². The minimum Gasteiger partial charge on any atom is -0.393 e. The van der Waals surface area contributed by atoms with Gasteiger partial charge in [-0.3, -0.25) is 4.90 Å². The fourth-order valence-corrected chi connectivity index (χ4v) is 3.38. The molecule has 2 aliphatic rings. The summed E-state index contributed by atoms with van der Waals surface area (Å²) in [7, 11) is 0. The van der Waals surface area contributed by atoms with E-state index in [2.05, 4.69) is 23.1 Å². The van der Waals surface area contributed by atoms with Crippen LogP contribution < -0.4 is 0 Å². The van der Waals surface area contributed by atoms with Crippen molar-refractivity contribution < 1.29 is 5.11 Å². The third-order valence-electron chi connectivity index (χ3n) is 4.56. The van der Waals surface area contributed by atoms with Gasteiger partial charge in [-0.25, -0.2) is 0 Å². The first kappa shape index (κ1) is 12.2. The van der Waals surface area contributed by atoms with Gasteiger partial charge in [0.1, 0.15) is 0 Å². The normalized spacial score (nSPS) is 25.3. The van der Waals surface area contributed by atoms with Gasteiger partial charge in [0.05, 0.1) is 6.10 Å². The predicted octanol–water partition coefficient (Wildman–Crippen LogP) is 2.38. The lowest BCUT2D eigenvalue weighted by atomic mass is 10.0. The van der Waals surface area contributed by atoms with E-state index >= 15 is 0 Å². The Hall–Kier alpha value is -0.860. The van der Waals surface area contributed by atoms with Crippen LogP contribution in [0.3, 0.4) is 0 Å². The van der Waals surface area contributed by atoms with E-state index in [1.54, 1.807) is 11.1 Å². The van der Waals surface area contributed by atoms with Crippen LogP contribution in [0.4, 0.5) is 0 Å². The van der Waals surface area contributed by atoms with Crippen molar-refractivity contribution in [3.8, 4) is 0 Å². The molecule has 1 saturated heterocycles. The molecule has 2 unspecified atom stereocenters. The lowest BCUT2D eigenvalue weighted by molar-refractivity contribution is 0.127. The topological polar surface area (TPSA) is 23.5 Å². The van der Waals surface area contributed by atoms with Crippen LogP contribution in [0.15, 0.2) is 18.2 Å². The molecule has 2 nitrogen and oxygen atoms in total. The second kappa shape index (κ2) is 5.02.